The van der Waals surface area contributed by atoms with Gasteiger partial charge in [0.05, 0.1) is 31.4 Å². The zero-order valence-electron chi connectivity index (χ0n) is 15.1. The van der Waals surface area contributed by atoms with Crippen molar-refractivity contribution in [3.8, 4) is 11.5 Å². The van der Waals surface area contributed by atoms with Gasteiger partial charge in [0.15, 0.2) is 0 Å². The van der Waals surface area contributed by atoms with E-state index in [1.807, 2.05) is 0 Å². The molecule has 0 bridgehead atoms. The van der Waals surface area contributed by atoms with Crippen molar-refractivity contribution in [3.05, 3.63) is 46.9 Å². The summed E-state index contributed by atoms with van der Waals surface area (Å²) in [6.45, 7) is 1.30. The van der Waals surface area contributed by atoms with Gasteiger partial charge in [-0.05, 0) is 43.3 Å². The first-order chi connectivity index (χ1) is 12.8. The molecule has 0 amide bonds. The first kappa shape index (κ1) is 21.0. The number of rotatable bonds is 8. The van der Waals surface area contributed by atoms with Crippen molar-refractivity contribution in [2.45, 2.75) is 11.8 Å². The van der Waals surface area contributed by atoms with Crippen LogP contribution in [0.5, 0.6) is 11.5 Å². The normalized spacial score (nSPS) is 11.0. The van der Waals surface area contributed by atoms with E-state index in [2.05, 4.69) is 15.9 Å². The summed E-state index contributed by atoms with van der Waals surface area (Å²) in [5, 5.41) is 0. The maximum Gasteiger partial charge on any atom is 0.326 e. The molecule has 0 aliphatic rings. The number of carbonyl (C=O) groups excluding carboxylic acids is 1. The first-order valence-corrected chi connectivity index (χ1v) is 10.2. The quantitative estimate of drug-likeness (QED) is 0.565. The highest BCUT2D eigenvalue weighted by Crippen LogP contribution is 2.35. The highest BCUT2D eigenvalue weighted by Gasteiger charge is 2.30. The average molecular weight is 458 g/mol. The highest BCUT2D eigenvalue weighted by atomic mass is 79.9. The van der Waals surface area contributed by atoms with Crippen LogP contribution in [-0.2, 0) is 19.6 Å². The summed E-state index contributed by atoms with van der Waals surface area (Å²) in [6.07, 6.45) is 0. The lowest BCUT2D eigenvalue weighted by atomic mass is 10.2. The Morgan fingerprint density at radius 2 is 1.74 bits per heavy atom. The molecule has 0 radical (unpaired) electrons. The van der Waals surface area contributed by atoms with Gasteiger partial charge in [-0.15, -0.1) is 0 Å². The van der Waals surface area contributed by atoms with E-state index in [4.69, 9.17) is 14.2 Å². The SMILES string of the molecule is CCOC(=O)CN(c1ccc(OC)cc1OC)S(=O)(=O)c1ccc(Br)cc1. The Hall–Kier alpha value is -2.26. The zero-order valence-corrected chi connectivity index (χ0v) is 17.5. The van der Waals surface area contributed by atoms with Gasteiger partial charge in [-0.1, -0.05) is 15.9 Å². The van der Waals surface area contributed by atoms with Gasteiger partial charge in [0.2, 0.25) is 0 Å². The summed E-state index contributed by atoms with van der Waals surface area (Å²) in [5.74, 6) is 0.0723. The van der Waals surface area contributed by atoms with Crippen LogP contribution >= 0.6 is 15.9 Å². The minimum Gasteiger partial charge on any atom is -0.497 e. The molecule has 2 aromatic carbocycles. The maximum absolute atomic E-state index is 13.2. The molecule has 2 rings (SSSR count). The molecule has 146 valence electrons. The molecule has 0 unspecified atom stereocenters. The minimum atomic E-state index is -4.05. The van der Waals surface area contributed by atoms with Gasteiger partial charge >= 0.3 is 5.97 Å². The predicted octanol–water partition coefficient (Wildman–Crippen LogP) is 3.22. The van der Waals surface area contributed by atoms with Crippen molar-refractivity contribution in [2.75, 3.05) is 31.7 Å². The van der Waals surface area contributed by atoms with Crippen LogP contribution in [0.25, 0.3) is 0 Å². The second-order valence-electron chi connectivity index (χ2n) is 5.31. The Kier molecular flexibility index (Phi) is 7.09. The van der Waals surface area contributed by atoms with Crippen LogP contribution in [0.3, 0.4) is 0 Å². The third kappa shape index (κ3) is 4.92. The lowest BCUT2D eigenvalue weighted by Gasteiger charge is -2.25. The van der Waals surface area contributed by atoms with Crippen LogP contribution in [0.4, 0.5) is 5.69 Å². The molecule has 0 aromatic heterocycles. The van der Waals surface area contributed by atoms with Crippen LogP contribution < -0.4 is 13.8 Å². The Balaban J connectivity index is 2.58. The molecule has 7 nitrogen and oxygen atoms in total. The third-order valence-electron chi connectivity index (χ3n) is 3.64. The Bertz CT molecular complexity index is 899. The molecule has 0 N–H and O–H groups in total. The summed E-state index contributed by atoms with van der Waals surface area (Å²) in [6, 6.07) is 10.8. The Morgan fingerprint density at radius 1 is 1.07 bits per heavy atom. The van der Waals surface area contributed by atoms with E-state index in [9.17, 15) is 13.2 Å². The molecule has 0 aliphatic carbocycles. The van der Waals surface area contributed by atoms with E-state index in [1.54, 1.807) is 31.2 Å². The minimum absolute atomic E-state index is 0.0351. The molecule has 0 fully saturated rings. The summed E-state index contributed by atoms with van der Waals surface area (Å²) >= 11 is 3.28. The van der Waals surface area contributed by atoms with E-state index in [0.717, 1.165) is 8.78 Å². The monoisotopic (exact) mass is 457 g/mol. The first-order valence-electron chi connectivity index (χ1n) is 7.99. The predicted molar refractivity (Wildman–Crippen MR) is 105 cm³/mol. The lowest BCUT2D eigenvalue weighted by Crippen LogP contribution is -2.36. The van der Waals surface area contributed by atoms with Crippen molar-refractivity contribution in [3.63, 3.8) is 0 Å². The van der Waals surface area contributed by atoms with Crippen LogP contribution in [0, 0.1) is 0 Å². The molecule has 0 atom stereocenters. The van der Waals surface area contributed by atoms with Gasteiger partial charge in [0.25, 0.3) is 10.0 Å². The van der Waals surface area contributed by atoms with Gasteiger partial charge < -0.3 is 14.2 Å². The van der Waals surface area contributed by atoms with Gasteiger partial charge in [-0.2, -0.15) is 0 Å². The highest BCUT2D eigenvalue weighted by molar-refractivity contribution is 9.10. The zero-order chi connectivity index (χ0) is 20.0. The van der Waals surface area contributed by atoms with E-state index in [-0.39, 0.29) is 22.9 Å². The third-order valence-corrected chi connectivity index (χ3v) is 5.94. The number of benzene rings is 2. The fourth-order valence-electron chi connectivity index (χ4n) is 2.35. The summed E-state index contributed by atoms with van der Waals surface area (Å²) in [5.41, 5.74) is 0.203. The molecule has 27 heavy (non-hydrogen) atoms. The van der Waals surface area contributed by atoms with Gasteiger partial charge in [-0.3, -0.25) is 9.10 Å². The van der Waals surface area contributed by atoms with Crippen molar-refractivity contribution in [2.24, 2.45) is 0 Å². The number of nitrogens with zero attached hydrogens (tertiary/aromatic N) is 1. The van der Waals surface area contributed by atoms with Crippen LogP contribution in [-0.4, -0.2) is 41.8 Å². The number of ether oxygens (including phenoxy) is 3. The summed E-state index contributed by atoms with van der Waals surface area (Å²) < 4.78 is 43.6. The van der Waals surface area contributed by atoms with Crippen molar-refractivity contribution < 1.29 is 27.4 Å². The smallest absolute Gasteiger partial charge is 0.326 e. The number of hydrogen-bond donors (Lipinski definition) is 0. The molecule has 2 aromatic rings. The van der Waals surface area contributed by atoms with E-state index >= 15 is 0 Å². The van der Waals surface area contributed by atoms with Crippen LogP contribution in [0.2, 0.25) is 0 Å². The number of methoxy groups -OCH3 is 2. The molecule has 0 aliphatic heterocycles. The van der Waals surface area contributed by atoms with Gasteiger partial charge in [0.1, 0.15) is 18.0 Å². The van der Waals surface area contributed by atoms with E-state index < -0.39 is 22.5 Å². The van der Waals surface area contributed by atoms with Crippen molar-refractivity contribution in [1.82, 2.24) is 0 Å². The molecule has 9 heteroatoms. The fraction of sp³-hybridized carbons (Fsp3) is 0.278. The topological polar surface area (TPSA) is 82.1 Å². The largest absolute Gasteiger partial charge is 0.497 e. The standard InChI is InChI=1S/C18H20BrNO6S/c1-4-26-18(21)12-20(16-10-7-14(24-2)11-17(16)25-3)27(22,23)15-8-5-13(19)6-9-15/h5-11H,4,12H2,1-3H3. The second kappa shape index (κ2) is 9.09. The second-order valence-corrected chi connectivity index (χ2v) is 8.09. The van der Waals surface area contributed by atoms with Gasteiger partial charge in [0, 0.05) is 10.5 Å². The van der Waals surface area contributed by atoms with Crippen molar-refractivity contribution >= 4 is 37.6 Å². The Labute approximate surface area is 167 Å². The van der Waals surface area contributed by atoms with E-state index in [1.165, 1.54) is 32.4 Å². The number of carbonyl (C=O) groups is 1. The fourth-order valence-corrected chi connectivity index (χ4v) is 4.03. The molecule has 0 saturated carbocycles. The number of hydrogen-bond acceptors (Lipinski definition) is 6. The Morgan fingerprint density at radius 3 is 2.30 bits per heavy atom. The molecule has 0 heterocycles. The molecular weight excluding hydrogens is 438 g/mol. The van der Waals surface area contributed by atoms with E-state index in [0.29, 0.717) is 5.75 Å². The maximum atomic E-state index is 13.2. The number of esters is 1. The average Bonchev–Trinajstić information content (AvgIpc) is 2.66. The summed E-state index contributed by atoms with van der Waals surface area (Å²) in [7, 11) is -1.15. The number of halogens is 1. The number of sulfonamides is 1. The molecule has 0 spiro atoms. The lowest BCUT2D eigenvalue weighted by molar-refractivity contribution is -0.141. The van der Waals surface area contributed by atoms with Gasteiger partial charge in [-0.25, -0.2) is 8.42 Å². The molecule has 0 saturated heterocycles. The van der Waals surface area contributed by atoms with Crippen molar-refractivity contribution in [1.29, 1.82) is 0 Å². The summed E-state index contributed by atoms with van der Waals surface area (Å²) in [4.78, 5) is 12.1. The number of anilines is 1. The van der Waals surface area contributed by atoms with Crippen LogP contribution in [0.1, 0.15) is 6.92 Å². The molecular formula is C18H20BrNO6S. The van der Waals surface area contributed by atoms with Crippen LogP contribution in [0.15, 0.2) is 51.8 Å².